The largest absolute Gasteiger partial charge is 0.334 e. The van der Waals surface area contributed by atoms with Crippen molar-refractivity contribution in [3.05, 3.63) is 35.4 Å². The molecule has 0 saturated carbocycles. The van der Waals surface area contributed by atoms with Crippen molar-refractivity contribution < 1.29 is 4.79 Å². The highest BCUT2D eigenvalue weighted by Gasteiger charge is 2.26. The number of hydrogen-bond acceptors (Lipinski definition) is 2. The van der Waals surface area contributed by atoms with Gasteiger partial charge in [-0.15, -0.1) is 0 Å². The van der Waals surface area contributed by atoms with E-state index in [2.05, 4.69) is 31.3 Å². The van der Waals surface area contributed by atoms with E-state index in [0.29, 0.717) is 6.04 Å². The third-order valence-electron chi connectivity index (χ3n) is 3.81. The van der Waals surface area contributed by atoms with Crippen LogP contribution in [0.1, 0.15) is 42.6 Å². The molecule has 0 spiro atoms. The zero-order valence-corrected chi connectivity index (χ0v) is 12.0. The Morgan fingerprint density at radius 2 is 2.05 bits per heavy atom. The van der Waals surface area contributed by atoms with E-state index in [1.165, 1.54) is 5.56 Å². The fraction of sp³-hybridized carbons (Fsp3) is 0.562. The second-order valence-electron chi connectivity index (χ2n) is 5.20. The van der Waals surface area contributed by atoms with Gasteiger partial charge in [0.2, 0.25) is 0 Å². The molecule has 0 aliphatic carbocycles. The minimum Gasteiger partial charge on any atom is -0.334 e. The Morgan fingerprint density at radius 1 is 1.32 bits per heavy atom. The molecule has 1 saturated heterocycles. The molecular weight excluding hydrogens is 236 g/mol. The molecule has 3 heteroatoms. The maximum absolute atomic E-state index is 12.6. The maximum Gasteiger partial charge on any atom is 0.254 e. The van der Waals surface area contributed by atoms with E-state index >= 15 is 0 Å². The molecule has 0 aromatic heterocycles. The van der Waals surface area contributed by atoms with Crippen molar-refractivity contribution >= 4 is 5.91 Å². The highest BCUT2D eigenvalue weighted by Crippen LogP contribution is 2.15. The summed E-state index contributed by atoms with van der Waals surface area (Å²) in [6, 6.07) is 8.41. The van der Waals surface area contributed by atoms with Gasteiger partial charge in [-0.2, -0.15) is 0 Å². The number of amides is 1. The lowest BCUT2D eigenvalue weighted by molar-refractivity contribution is 0.0692. The summed E-state index contributed by atoms with van der Waals surface area (Å²) in [7, 11) is 0. The molecule has 1 aromatic carbocycles. The summed E-state index contributed by atoms with van der Waals surface area (Å²) >= 11 is 0. The number of carbonyl (C=O) groups excluding carboxylic acids is 1. The van der Waals surface area contributed by atoms with Crippen LogP contribution in [-0.4, -0.2) is 36.5 Å². The number of hydrogen-bond donors (Lipinski definition) is 1. The molecule has 1 aromatic rings. The predicted octanol–water partition coefficient (Wildman–Crippen LogP) is 2.46. The summed E-state index contributed by atoms with van der Waals surface area (Å²) in [5.41, 5.74) is 2.10. The minimum atomic E-state index is 0.179. The van der Waals surface area contributed by atoms with Crippen molar-refractivity contribution in [1.29, 1.82) is 0 Å². The Balaban J connectivity index is 2.12. The van der Waals surface area contributed by atoms with Crippen LogP contribution in [-0.2, 0) is 6.42 Å². The van der Waals surface area contributed by atoms with Gasteiger partial charge in [0.15, 0.2) is 0 Å². The molecular formula is C16H24N2O. The van der Waals surface area contributed by atoms with Crippen molar-refractivity contribution in [2.24, 2.45) is 0 Å². The standard InChI is InChI=1S/C16H24N2O/c1-3-11-18(15-9-10-17-12-15)16(19)14-7-5-13(4-2)6-8-14/h5-8,15,17H,3-4,9-12H2,1-2H3/t15-/m0/s1. The van der Waals surface area contributed by atoms with Gasteiger partial charge in [-0.25, -0.2) is 0 Å². The maximum atomic E-state index is 12.6. The molecule has 0 unspecified atom stereocenters. The van der Waals surface area contributed by atoms with E-state index in [1.54, 1.807) is 0 Å². The highest BCUT2D eigenvalue weighted by atomic mass is 16.2. The zero-order valence-electron chi connectivity index (χ0n) is 12.0. The van der Waals surface area contributed by atoms with Crippen LogP contribution in [0.5, 0.6) is 0 Å². The lowest BCUT2D eigenvalue weighted by Gasteiger charge is -2.28. The van der Waals surface area contributed by atoms with E-state index in [0.717, 1.165) is 44.5 Å². The molecule has 104 valence electrons. The second kappa shape index (κ2) is 6.71. The molecule has 19 heavy (non-hydrogen) atoms. The predicted molar refractivity (Wildman–Crippen MR) is 78.4 cm³/mol. The van der Waals surface area contributed by atoms with E-state index < -0.39 is 0 Å². The fourth-order valence-electron chi connectivity index (χ4n) is 2.65. The highest BCUT2D eigenvalue weighted by molar-refractivity contribution is 5.94. The van der Waals surface area contributed by atoms with Crippen molar-refractivity contribution in [2.75, 3.05) is 19.6 Å². The van der Waals surface area contributed by atoms with Crippen LogP contribution >= 0.6 is 0 Å². The van der Waals surface area contributed by atoms with Gasteiger partial charge in [-0.3, -0.25) is 4.79 Å². The van der Waals surface area contributed by atoms with Crippen molar-refractivity contribution in [3.63, 3.8) is 0 Å². The van der Waals surface area contributed by atoms with Crippen molar-refractivity contribution in [2.45, 2.75) is 39.2 Å². The first-order valence-electron chi connectivity index (χ1n) is 7.36. The first kappa shape index (κ1) is 14.1. The Labute approximate surface area is 116 Å². The van der Waals surface area contributed by atoms with Crippen LogP contribution in [0, 0.1) is 0 Å². The molecule has 3 nitrogen and oxygen atoms in total. The summed E-state index contributed by atoms with van der Waals surface area (Å²) in [6.45, 7) is 7.06. The normalized spacial score (nSPS) is 18.5. The van der Waals surface area contributed by atoms with Crippen molar-refractivity contribution in [3.8, 4) is 0 Å². The second-order valence-corrected chi connectivity index (χ2v) is 5.20. The number of nitrogens with one attached hydrogen (secondary N) is 1. The Hall–Kier alpha value is -1.35. The SMILES string of the molecule is CCCN(C(=O)c1ccc(CC)cc1)[C@H]1CCNC1. The third kappa shape index (κ3) is 3.35. The van der Waals surface area contributed by atoms with Crippen LogP contribution in [0.25, 0.3) is 0 Å². The molecule has 1 atom stereocenters. The average Bonchev–Trinajstić information content (AvgIpc) is 2.98. The molecule has 1 fully saturated rings. The number of nitrogens with zero attached hydrogens (tertiary/aromatic N) is 1. The lowest BCUT2D eigenvalue weighted by atomic mass is 10.1. The van der Waals surface area contributed by atoms with E-state index in [1.807, 2.05) is 17.0 Å². The first-order valence-corrected chi connectivity index (χ1v) is 7.36. The summed E-state index contributed by atoms with van der Waals surface area (Å²) in [5, 5.41) is 3.34. The molecule has 0 radical (unpaired) electrons. The summed E-state index contributed by atoms with van der Waals surface area (Å²) in [5.74, 6) is 0.179. The van der Waals surface area contributed by atoms with Gasteiger partial charge in [0.1, 0.15) is 0 Å². The zero-order chi connectivity index (χ0) is 13.7. The van der Waals surface area contributed by atoms with Crippen LogP contribution in [0.3, 0.4) is 0 Å². The van der Waals surface area contributed by atoms with Crippen LogP contribution in [0.15, 0.2) is 24.3 Å². The Kier molecular flexibility index (Phi) is 4.97. The van der Waals surface area contributed by atoms with Gasteiger partial charge in [0.25, 0.3) is 5.91 Å². The number of benzene rings is 1. The molecule has 1 aliphatic heterocycles. The van der Waals surface area contributed by atoms with Gasteiger partial charge in [0.05, 0.1) is 0 Å². The van der Waals surface area contributed by atoms with Gasteiger partial charge in [0, 0.05) is 24.7 Å². The molecule has 1 N–H and O–H groups in total. The average molecular weight is 260 g/mol. The Morgan fingerprint density at radius 3 is 2.58 bits per heavy atom. The van der Waals surface area contributed by atoms with Crippen LogP contribution in [0.2, 0.25) is 0 Å². The number of aryl methyl sites for hydroxylation is 1. The third-order valence-corrected chi connectivity index (χ3v) is 3.81. The topological polar surface area (TPSA) is 32.3 Å². The number of carbonyl (C=O) groups is 1. The molecule has 1 amide bonds. The van der Waals surface area contributed by atoms with E-state index in [9.17, 15) is 4.79 Å². The lowest BCUT2D eigenvalue weighted by Crippen LogP contribution is -2.42. The summed E-state index contributed by atoms with van der Waals surface area (Å²) in [6.07, 6.45) is 3.09. The van der Waals surface area contributed by atoms with Crippen LogP contribution in [0.4, 0.5) is 0 Å². The van der Waals surface area contributed by atoms with Crippen LogP contribution < -0.4 is 5.32 Å². The smallest absolute Gasteiger partial charge is 0.254 e. The van der Waals surface area contributed by atoms with Gasteiger partial charge >= 0.3 is 0 Å². The van der Waals surface area contributed by atoms with Gasteiger partial charge in [-0.1, -0.05) is 26.0 Å². The molecule has 1 heterocycles. The minimum absolute atomic E-state index is 0.179. The van der Waals surface area contributed by atoms with E-state index in [4.69, 9.17) is 0 Å². The van der Waals surface area contributed by atoms with Gasteiger partial charge < -0.3 is 10.2 Å². The molecule has 2 rings (SSSR count). The number of rotatable bonds is 5. The fourth-order valence-corrected chi connectivity index (χ4v) is 2.65. The monoisotopic (exact) mass is 260 g/mol. The first-order chi connectivity index (χ1) is 9.26. The molecule has 0 bridgehead atoms. The summed E-state index contributed by atoms with van der Waals surface area (Å²) in [4.78, 5) is 14.7. The Bertz CT molecular complexity index is 407. The van der Waals surface area contributed by atoms with Crippen molar-refractivity contribution in [1.82, 2.24) is 10.2 Å². The van der Waals surface area contributed by atoms with E-state index in [-0.39, 0.29) is 5.91 Å². The van der Waals surface area contributed by atoms with Gasteiger partial charge in [-0.05, 0) is 43.5 Å². The molecule has 1 aliphatic rings. The summed E-state index contributed by atoms with van der Waals surface area (Å²) < 4.78 is 0. The quantitative estimate of drug-likeness (QED) is 0.882.